The monoisotopic (exact) mass is 257 g/mol. The van der Waals surface area contributed by atoms with Gasteiger partial charge in [-0.1, -0.05) is 23.2 Å². The summed E-state index contributed by atoms with van der Waals surface area (Å²) in [6.07, 6.45) is 0.567. The summed E-state index contributed by atoms with van der Waals surface area (Å²) in [5, 5.41) is 1.19. The SMILES string of the molecule is CC1(C)CC(=O)CN1c1cc(Cl)cc(Cl)c1. The van der Waals surface area contributed by atoms with Gasteiger partial charge in [0.25, 0.3) is 0 Å². The van der Waals surface area contributed by atoms with E-state index in [2.05, 4.69) is 0 Å². The smallest absolute Gasteiger partial charge is 0.154 e. The summed E-state index contributed by atoms with van der Waals surface area (Å²) in [7, 11) is 0. The van der Waals surface area contributed by atoms with Crippen molar-refractivity contribution >= 4 is 34.7 Å². The molecule has 1 fully saturated rings. The average Bonchev–Trinajstić information content (AvgIpc) is 2.37. The zero-order chi connectivity index (χ0) is 11.9. The summed E-state index contributed by atoms with van der Waals surface area (Å²) < 4.78 is 0. The second-order valence-electron chi connectivity index (χ2n) is 4.74. The third kappa shape index (κ3) is 2.18. The van der Waals surface area contributed by atoms with Gasteiger partial charge in [-0.15, -0.1) is 0 Å². The van der Waals surface area contributed by atoms with Gasteiger partial charge in [-0.25, -0.2) is 0 Å². The fourth-order valence-corrected chi connectivity index (χ4v) is 2.67. The highest BCUT2D eigenvalue weighted by atomic mass is 35.5. The van der Waals surface area contributed by atoms with E-state index >= 15 is 0 Å². The first-order valence-electron chi connectivity index (χ1n) is 5.14. The van der Waals surface area contributed by atoms with Gasteiger partial charge in [0.2, 0.25) is 0 Å². The lowest BCUT2D eigenvalue weighted by Crippen LogP contribution is -2.38. The molecular formula is C12H13Cl2NO. The van der Waals surface area contributed by atoms with Crippen LogP contribution < -0.4 is 4.90 Å². The van der Waals surface area contributed by atoms with Crippen molar-refractivity contribution in [3.05, 3.63) is 28.2 Å². The van der Waals surface area contributed by atoms with Crippen LogP contribution in [0.2, 0.25) is 10.0 Å². The number of hydrogen-bond donors (Lipinski definition) is 0. The Morgan fingerprint density at radius 3 is 2.19 bits per heavy atom. The van der Waals surface area contributed by atoms with Crippen LogP contribution in [0.3, 0.4) is 0 Å². The molecular weight excluding hydrogens is 245 g/mol. The van der Waals surface area contributed by atoms with Gasteiger partial charge >= 0.3 is 0 Å². The molecule has 86 valence electrons. The van der Waals surface area contributed by atoms with Crippen molar-refractivity contribution in [1.82, 2.24) is 0 Å². The maximum absolute atomic E-state index is 11.5. The highest BCUT2D eigenvalue weighted by molar-refractivity contribution is 6.35. The number of anilines is 1. The van der Waals surface area contributed by atoms with E-state index < -0.39 is 0 Å². The van der Waals surface area contributed by atoms with E-state index in [-0.39, 0.29) is 11.3 Å². The lowest BCUT2D eigenvalue weighted by Gasteiger charge is -2.32. The summed E-state index contributed by atoms with van der Waals surface area (Å²) in [6, 6.07) is 5.37. The maximum atomic E-state index is 11.5. The second kappa shape index (κ2) is 3.94. The Hall–Kier alpha value is -0.730. The van der Waals surface area contributed by atoms with E-state index in [0.29, 0.717) is 23.0 Å². The molecule has 0 saturated carbocycles. The lowest BCUT2D eigenvalue weighted by atomic mass is 10.0. The molecule has 1 aromatic rings. The molecule has 0 N–H and O–H groups in total. The van der Waals surface area contributed by atoms with Crippen molar-refractivity contribution in [2.24, 2.45) is 0 Å². The molecule has 1 aliphatic rings. The number of benzene rings is 1. The van der Waals surface area contributed by atoms with Crippen LogP contribution in [0.25, 0.3) is 0 Å². The highest BCUT2D eigenvalue weighted by Gasteiger charge is 2.37. The van der Waals surface area contributed by atoms with Crippen LogP contribution in [0.4, 0.5) is 5.69 Å². The normalized spacial score (nSPS) is 19.2. The first-order valence-corrected chi connectivity index (χ1v) is 5.89. The zero-order valence-electron chi connectivity index (χ0n) is 9.26. The molecule has 0 spiro atoms. The van der Waals surface area contributed by atoms with Gasteiger partial charge in [-0.2, -0.15) is 0 Å². The Bertz CT molecular complexity index is 422. The molecule has 0 amide bonds. The largest absolute Gasteiger partial charge is 0.359 e. The number of halogens is 2. The van der Waals surface area contributed by atoms with E-state index in [4.69, 9.17) is 23.2 Å². The number of hydrogen-bond acceptors (Lipinski definition) is 2. The van der Waals surface area contributed by atoms with Crippen molar-refractivity contribution in [3.8, 4) is 0 Å². The van der Waals surface area contributed by atoms with E-state index in [9.17, 15) is 4.79 Å². The summed E-state index contributed by atoms with van der Waals surface area (Å²) in [4.78, 5) is 13.6. The van der Waals surface area contributed by atoms with E-state index in [1.165, 1.54) is 0 Å². The van der Waals surface area contributed by atoms with Crippen molar-refractivity contribution in [2.75, 3.05) is 11.4 Å². The molecule has 2 rings (SSSR count). The molecule has 16 heavy (non-hydrogen) atoms. The van der Waals surface area contributed by atoms with Crippen LogP contribution in [-0.4, -0.2) is 17.9 Å². The fraction of sp³-hybridized carbons (Fsp3) is 0.417. The zero-order valence-corrected chi connectivity index (χ0v) is 10.8. The number of rotatable bonds is 1. The number of Topliss-reactive ketones (excluding diaryl/α,β-unsaturated/α-hetero) is 1. The van der Waals surface area contributed by atoms with Crippen molar-refractivity contribution < 1.29 is 4.79 Å². The summed E-state index contributed by atoms with van der Waals surface area (Å²) >= 11 is 11.9. The predicted octanol–water partition coefficient (Wildman–Crippen LogP) is 3.55. The quantitative estimate of drug-likeness (QED) is 0.767. The molecule has 1 heterocycles. The molecule has 1 aromatic carbocycles. The minimum Gasteiger partial charge on any atom is -0.359 e. The highest BCUT2D eigenvalue weighted by Crippen LogP contribution is 2.34. The Labute approximate surface area is 105 Å². The first-order chi connectivity index (χ1) is 7.38. The van der Waals surface area contributed by atoms with E-state index in [0.717, 1.165) is 5.69 Å². The molecule has 0 aromatic heterocycles. The molecule has 2 nitrogen and oxygen atoms in total. The minimum absolute atomic E-state index is 0.162. The van der Waals surface area contributed by atoms with Gasteiger partial charge in [-0.05, 0) is 32.0 Å². The van der Waals surface area contributed by atoms with Gasteiger partial charge in [-0.3, -0.25) is 4.79 Å². The van der Waals surface area contributed by atoms with Gasteiger partial charge in [0.15, 0.2) is 5.78 Å². The van der Waals surface area contributed by atoms with Crippen molar-refractivity contribution in [2.45, 2.75) is 25.8 Å². The molecule has 1 saturated heterocycles. The van der Waals surface area contributed by atoms with Gasteiger partial charge < -0.3 is 4.90 Å². The fourth-order valence-electron chi connectivity index (χ4n) is 2.16. The minimum atomic E-state index is -0.162. The second-order valence-corrected chi connectivity index (χ2v) is 5.61. The van der Waals surface area contributed by atoms with Crippen LogP contribution >= 0.6 is 23.2 Å². The van der Waals surface area contributed by atoms with E-state index in [1.54, 1.807) is 6.07 Å². The average molecular weight is 258 g/mol. The summed E-state index contributed by atoms with van der Waals surface area (Å²) in [5.74, 6) is 0.251. The summed E-state index contributed by atoms with van der Waals surface area (Å²) in [6.45, 7) is 4.53. The molecule has 0 radical (unpaired) electrons. The number of carbonyl (C=O) groups is 1. The van der Waals surface area contributed by atoms with Gasteiger partial charge in [0.05, 0.1) is 6.54 Å². The van der Waals surface area contributed by atoms with E-state index in [1.807, 2.05) is 30.9 Å². The summed E-state index contributed by atoms with van der Waals surface area (Å²) in [5.41, 5.74) is 0.749. The molecule has 0 bridgehead atoms. The standard InChI is InChI=1S/C12H13Cl2NO/c1-12(2)6-11(16)7-15(12)10-4-8(13)3-9(14)5-10/h3-5H,6-7H2,1-2H3. The third-order valence-electron chi connectivity index (χ3n) is 2.85. The number of carbonyl (C=O) groups excluding carboxylic acids is 1. The van der Waals surface area contributed by atoms with Crippen LogP contribution in [0.1, 0.15) is 20.3 Å². The van der Waals surface area contributed by atoms with Gasteiger partial charge in [0.1, 0.15) is 0 Å². The molecule has 1 aliphatic heterocycles. The number of nitrogens with zero attached hydrogens (tertiary/aromatic N) is 1. The van der Waals surface area contributed by atoms with Crippen LogP contribution in [0.5, 0.6) is 0 Å². The van der Waals surface area contributed by atoms with Crippen LogP contribution in [0, 0.1) is 0 Å². The third-order valence-corrected chi connectivity index (χ3v) is 3.29. The topological polar surface area (TPSA) is 20.3 Å². The molecule has 0 atom stereocenters. The Kier molecular flexibility index (Phi) is 2.89. The Morgan fingerprint density at radius 1 is 1.19 bits per heavy atom. The lowest BCUT2D eigenvalue weighted by molar-refractivity contribution is -0.116. The van der Waals surface area contributed by atoms with Crippen molar-refractivity contribution in [3.63, 3.8) is 0 Å². The molecule has 4 heteroatoms. The van der Waals surface area contributed by atoms with Gasteiger partial charge in [0, 0.05) is 27.7 Å². The predicted molar refractivity (Wildman–Crippen MR) is 67.5 cm³/mol. The maximum Gasteiger partial charge on any atom is 0.154 e. The molecule has 0 aliphatic carbocycles. The Morgan fingerprint density at radius 2 is 1.75 bits per heavy atom. The van der Waals surface area contributed by atoms with Crippen LogP contribution in [0.15, 0.2) is 18.2 Å². The molecule has 0 unspecified atom stereocenters. The van der Waals surface area contributed by atoms with Crippen molar-refractivity contribution in [1.29, 1.82) is 0 Å². The first kappa shape index (κ1) is 11.7. The van der Waals surface area contributed by atoms with Crippen LogP contribution in [-0.2, 0) is 4.79 Å². The Balaban J connectivity index is 2.40. The number of ketones is 1.